The summed E-state index contributed by atoms with van der Waals surface area (Å²) >= 11 is 0. The molecule has 0 aliphatic heterocycles. The molecule has 8 nitrogen and oxygen atoms in total. The molecule has 0 saturated carbocycles. The zero-order chi connectivity index (χ0) is 21.5. The summed E-state index contributed by atoms with van der Waals surface area (Å²) in [6.45, 7) is 0. The maximum absolute atomic E-state index is 12.1. The van der Waals surface area contributed by atoms with Crippen LogP contribution in [0.3, 0.4) is 0 Å². The quantitative estimate of drug-likeness (QED) is 0.437. The molecule has 1 heterocycles. The van der Waals surface area contributed by atoms with Crippen molar-refractivity contribution in [3.8, 4) is 22.8 Å². The average Bonchev–Trinajstić information content (AvgIpc) is 3.22. The molecule has 0 bridgehead atoms. The van der Waals surface area contributed by atoms with Crippen molar-refractivity contribution in [2.45, 2.75) is 6.42 Å². The lowest BCUT2D eigenvalue weighted by Gasteiger charge is -2.09. The summed E-state index contributed by atoms with van der Waals surface area (Å²) < 4.78 is 16.0. The first-order chi connectivity index (χ1) is 14.5. The Morgan fingerprint density at radius 1 is 1.07 bits per heavy atom. The Morgan fingerprint density at radius 3 is 2.57 bits per heavy atom. The highest BCUT2D eigenvalue weighted by Crippen LogP contribution is 2.28. The van der Waals surface area contributed by atoms with Gasteiger partial charge in [-0.15, -0.1) is 0 Å². The van der Waals surface area contributed by atoms with Gasteiger partial charge in [-0.25, -0.2) is 10.2 Å². The summed E-state index contributed by atoms with van der Waals surface area (Å²) in [4.78, 5) is 23.5. The van der Waals surface area contributed by atoms with E-state index in [-0.39, 0.29) is 17.9 Å². The van der Waals surface area contributed by atoms with E-state index in [1.54, 1.807) is 55.6 Å². The third-order valence-electron chi connectivity index (χ3n) is 4.24. The second kappa shape index (κ2) is 9.42. The summed E-state index contributed by atoms with van der Waals surface area (Å²) in [6.07, 6.45) is 1.45. The lowest BCUT2D eigenvalue weighted by atomic mass is 10.1. The van der Waals surface area contributed by atoms with Gasteiger partial charge in [0.15, 0.2) is 11.5 Å². The van der Waals surface area contributed by atoms with Crippen LogP contribution in [-0.2, 0) is 11.2 Å². The van der Waals surface area contributed by atoms with Gasteiger partial charge in [0, 0.05) is 5.56 Å². The van der Waals surface area contributed by atoms with Crippen LogP contribution in [0.4, 0.5) is 0 Å². The number of hydrogen-bond donors (Lipinski definition) is 2. The van der Waals surface area contributed by atoms with Gasteiger partial charge in [-0.2, -0.15) is 5.10 Å². The predicted octanol–water partition coefficient (Wildman–Crippen LogP) is 3.35. The molecule has 30 heavy (non-hydrogen) atoms. The van der Waals surface area contributed by atoms with Crippen molar-refractivity contribution in [3.05, 3.63) is 71.5 Å². The monoisotopic (exact) mass is 408 g/mol. The van der Waals surface area contributed by atoms with Crippen molar-refractivity contribution in [3.63, 3.8) is 0 Å². The van der Waals surface area contributed by atoms with E-state index in [2.05, 4.69) is 10.5 Å². The fraction of sp³-hybridized carbons (Fsp3) is 0.136. The lowest BCUT2D eigenvalue weighted by molar-refractivity contribution is -0.120. The van der Waals surface area contributed by atoms with Gasteiger partial charge in [-0.05, 0) is 35.9 Å². The predicted molar refractivity (Wildman–Crippen MR) is 110 cm³/mol. The van der Waals surface area contributed by atoms with Gasteiger partial charge in [-0.1, -0.05) is 24.3 Å². The second-order valence-electron chi connectivity index (χ2n) is 6.21. The number of aromatic carboxylic acids is 1. The minimum absolute atomic E-state index is 0.104. The Bertz CT molecular complexity index is 1090. The van der Waals surface area contributed by atoms with Crippen LogP contribution in [0.1, 0.15) is 21.7 Å². The minimum Gasteiger partial charge on any atom is -0.493 e. The number of carbonyl (C=O) groups excluding carboxylic acids is 1. The Morgan fingerprint density at radius 2 is 1.83 bits per heavy atom. The number of furan rings is 1. The van der Waals surface area contributed by atoms with Crippen LogP contribution in [0.15, 0.2) is 64.1 Å². The van der Waals surface area contributed by atoms with Gasteiger partial charge in [0.1, 0.15) is 11.5 Å². The van der Waals surface area contributed by atoms with E-state index in [4.69, 9.17) is 13.9 Å². The van der Waals surface area contributed by atoms with Crippen LogP contribution < -0.4 is 14.9 Å². The first-order valence-corrected chi connectivity index (χ1v) is 8.97. The molecule has 8 heteroatoms. The molecule has 0 unspecified atom stereocenters. The Kier molecular flexibility index (Phi) is 6.49. The largest absolute Gasteiger partial charge is 0.493 e. The van der Waals surface area contributed by atoms with Crippen molar-refractivity contribution in [2.75, 3.05) is 14.2 Å². The fourth-order valence-electron chi connectivity index (χ4n) is 2.83. The summed E-state index contributed by atoms with van der Waals surface area (Å²) in [5, 5.41) is 13.2. The molecule has 0 fully saturated rings. The molecule has 0 spiro atoms. The summed E-state index contributed by atoms with van der Waals surface area (Å²) in [6, 6.07) is 15.0. The SMILES string of the molecule is COc1ccc(CC(=O)N/N=C\c2ccc(-c3ccccc3C(=O)O)o2)cc1OC. The van der Waals surface area contributed by atoms with Crippen LogP contribution >= 0.6 is 0 Å². The highest BCUT2D eigenvalue weighted by Gasteiger charge is 2.13. The number of ether oxygens (including phenoxy) is 2. The van der Waals surface area contributed by atoms with E-state index in [1.165, 1.54) is 19.4 Å². The molecule has 0 saturated heterocycles. The average molecular weight is 408 g/mol. The number of hydrogen-bond acceptors (Lipinski definition) is 6. The number of nitrogens with one attached hydrogen (secondary N) is 1. The van der Waals surface area contributed by atoms with E-state index >= 15 is 0 Å². The fourth-order valence-corrected chi connectivity index (χ4v) is 2.83. The molecular formula is C22H20N2O6. The van der Waals surface area contributed by atoms with E-state index in [1.807, 2.05) is 0 Å². The van der Waals surface area contributed by atoms with Gasteiger partial charge >= 0.3 is 5.97 Å². The maximum atomic E-state index is 12.1. The zero-order valence-electron chi connectivity index (χ0n) is 16.4. The second-order valence-corrected chi connectivity index (χ2v) is 6.21. The van der Waals surface area contributed by atoms with Crippen LogP contribution in [0, 0.1) is 0 Å². The van der Waals surface area contributed by atoms with Crippen molar-refractivity contribution >= 4 is 18.1 Å². The number of carboxylic acid groups (broad SMARTS) is 1. The zero-order valence-corrected chi connectivity index (χ0v) is 16.4. The first kappa shape index (κ1) is 20.7. The standard InChI is InChI=1S/C22H20N2O6/c1-28-19-9-7-14(11-20(19)29-2)12-21(25)24-23-13-15-8-10-18(30-15)16-5-3-4-6-17(16)22(26)27/h3-11,13H,12H2,1-2H3,(H,24,25)(H,26,27)/b23-13-. The van der Waals surface area contributed by atoms with Crippen molar-refractivity contribution < 1.29 is 28.6 Å². The Labute approximate surface area is 172 Å². The smallest absolute Gasteiger partial charge is 0.336 e. The Hall–Kier alpha value is -4.07. The maximum Gasteiger partial charge on any atom is 0.336 e. The van der Waals surface area contributed by atoms with Gasteiger partial charge < -0.3 is 19.0 Å². The normalized spacial score (nSPS) is 10.7. The van der Waals surface area contributed by atoms with Crippen molar-refractivity contribution in [1.82, 2.24) is 5.43 Å². The highest BCUT2D eigenvalue weighted by molar-refractivity contribution is 5.95. The molecule has 154 valence electrons. The molecule has 2 N–H and O–H groups in total. The number of benzene rings is 2. The van der Waals surface area contributed by atoms with E-state index < -0.39 is 5.97 Å². The molecular weight excluding hydrogens is 388 g/mol. The first-order valence-electron chi connectivity index (χ1n) is 8.97. The van der Waals surface area contributed by atoms with Gasteiger partial charge in [-0.3, -0.25) is 4.79 Å². The number of nitrogens with zero attached hydrogens (tertiary/aromatic N) is 1. The van der Waals surface area contributed by atoms with Gasteiger partial charge in [0.2, 0.25) is 5.91 Å². The minimum atomic E-state index is -1.04. The van der Waals surface area contributed by atoms with Crippen molar-refractivity contribution in [1.29, 1.82) is 0 Å². The number of rotatable bonds is 8. The molecule has 3 rings (SSSR count). The summed E-state index contributed by atoms with van der Waals surface area (Å²) in [5.41, 5.74) is 3.77. The highest BCUT2D eigenvalue weighted by atomic mass is 16.5. The molecule has 3 aromatic rings. The van der Waals surface area contributed by atoms with Gasteiger partial charge in [0.25, 0.3) is 0 Å². The van der Waals surface area contributed by atoms with Crippen molar-refractivity contribution in [2.24, 2.45) is 5.10 Å². The molecule has 0 radical (unpaired) electrons. The molecule has 0 aliphatic carbocycles. The number of carbonyl (C=O) groups is 2. The van der Waals surface area contributed by atoms with Crippen LogP contribution in [0.2, 0.25) is 0 Å². The summed E-state index contributed by atoms with van der Waals surface area (Å²) in [7, 11) is 3.07. The molecule has 0 aliphatic rings. The lowest BCUT2D eigenvalue weighted by Crippen LogP contribution is -2.19. The van der Waals surface area contributed by atoms with E-state index in [0.29, 0.717) is 28.6 Å². The molecule has 2 aromatic carbocycles. The molecule has 1 amide bonds. The van der Waals surface area contributed by atoms with Gasteiger partial charge in [0.05, 0.1) is 32.4 Å². The van der Waals surface area contributed by atoms with Crippen LogP contribution in [0.5, 0.6) is 11.5 Å². The number of amides is 1. The summed E-state index contributed by atoms with van der Waals surface area (Å²) in [5.74, 6) is 0.526. The van der Waals surface area contributed by atoms with Crippen LogP contribution in [-0.4, -0.2) is 37.4 Å². The van der Waals surface area contributed by atoms with E-state index in [9.17, 15) is 14.7 Å². The van der Waals surface area contributed by atoms with E-state index in [0.717, 1.165) is 5.56 Å². The molecule has 0 atom stereocenters. The number of carboxylic acids is 1. The topological polar surface area (TPSA) is 110 Å². The number of methoxy groups -OCH3 is 2. The number of hydrazone groups is 1. The third-order valence-corrected chi connectivity index (χ3v) is 4.24. The molecule has 1 aromatic heterocycles. The third kappa shape index (κ3) is 4.85. The van der Waals surface area contributed by atoms with Crippen LogP contribution in [0.25, 0.3) is 11.3 Å². The Balaban J connectivity index is 1.63.